The number of carbonyl (C=O) groups is 2. The number of nitrogens with one attached hydrogen (secondary N) is 1. The lowest BCUT2D eigenvalue weighted by molar-refractivity contribution is -0.116. The standard InChI is InChI=1S/C16H20N4O2S3/c1-9(2)11-4-6-12(7-5-11)18-14(22)10(3)24-16-20-19-15(25-16)23-8-13(17)21/h4-7,9-10H,8H2,1-3H3,(H2,17,21)(H,18,22)/t10-/m1/s1. The van der Waals surface area contributed by atoms with Crippen LogP contribution in [0.5, 0.6) is 0 Å². The highest BCUT2D eigenvalue weighted by Gasteiger charge is 2.17. The van der Waals surface area contributed by atoms with Gasteiger partial charge in [-0.15, -0.1) is 10.2 Å². The number of carbonyl (C=O) groups excluding carboxylic acids is 2. The van der Waals surface area contributed by atoms with Crippen molar-refractivity contribution < 1.29 is 9.59 Å². The van der Waals surface area contributed by atoms with Crippen LogP contribution in [0.1, 0.15) is 32.3 Å². The molecule has 0 bridgehead atoms. The summed E-state index contributed by atoms with van der Waals surface area (Å²) in [6.45, 7) is 6.08. The van der Waals surface area contributed by atoms with Gasteiger partial charge < -0.3 is 11.1 Å². The first-order valence-corrected chi connectivity index (χ1v) is 10.4. The lowest BCUT2D eigenvalue weighted by Gasteiger charge is -2.11. The Kier molecular flexibility index (Phi) is 7.27. The fourth-order valence-corrected chi connectivity index (χ4v) is 4.74. The van der Waals surface area contributed by atoms with E-state index in [1.807, 2.05) is 31.2 Å². The van der Waals surface area contributed by atoms with Crippen molar-refractivity contribution in [1.29, 1.82) is 0 Å². The second-order valence-electron chi connectivity index (χ2n) is 5.61. The number of nitrogens with zero attached hydrogens (tertiary/aromatic N) is 2. The Hall–Kier alpha value is -1.58. The van der Waals surface area contributed by atoms with E-state index in [-0.39, 0.29) is 16.9 Å². The van der Waals surface area contributed by atoms with E-state index < -0.39 is 5.91 Å². The Morgan fingerprint density at radius 1 is 1.16 bits per heavy atom. The molecule has 134 valence electrons. The van der Waals surface area contributed by atoms with E-state index in [9.17, 15) is 9.59 Å². The molecule has 3 N–H and O–H groups in total. The molecule has 0 aliphatic heterocycles. The van der Waals surface area contributed by atoms with Gasteiger partial charge in [0.25, 0.3) is 0 Å². The van der Waals surface area contributed by atoms with Crippen molar-refractivity contribution in [2.45, 2.75) is 40.6 Å². The van der Waals surface area contributed by atoms with E-state index in [4.69, 9.17) is 5.73 Å². The van der Waals surface area contributed by atoms with Gasteiger partial charge in [0.1, 0.15) is 0 Å². The number of nitrogens with two attached hydrogens (primary N) is 1. The number of amides is 2. The maximum atomic E-state index is 12.3. The molecule has 1 aromatic carbocycles. The minimum Gasteiger partial charge on any atom is -0.369 e. The average Bonchev–Trinajstić information content (AvgIpc) is 3.00. The van der Waals surface area contributed by atoms with Crippen LogP contribution in [0.3, 0.4) is 0 Å². The van der Waals surface area contributed by atoms with Gasteiger partial charge in [-0.05, 0) is 30.5 Å². The smallest absolute Gasteiger partial charge is 0.237 e. The molecule has 2 amide bonds. The highest BCUT2D eigenvalue weighted by Crippen LogP contribution is 2.31. The topological polar surface area (TPSA) is 98.0 Å². The van der Waals surface area contributed by atoms with Crippen LogP contribution >= 0.6 is 34.9 Å². The Bertz CT molecular complexity index is 731. The van der Waals surface area contributed by atoms with Gasteiger partial charge in [-0.3, -0.25) is 9.59 Å². The first-order chi connectivity index (χ1) is 11.8. The van der Waals surface area contributed by atoms with Crippen LogP contribution in [0.4, 0.5) is 5.69 Å². The zero-order chi connectivity index (χ0) is 18.4. The molecule has 0 saturated carbocycles. The molecule has 0 saturated heterocycles. The highest BCUT2D eigenvalue weighted by atomic mass is 32.2. The molecule has 1 atom stereocenters. The minimum absolute atomic E-state index is 0.0937. The Balaban J connectivity index is 1.88. The van der Waals surface area contributed by atoms with Gasteiger partial charge in [0.05, 0.1) is 11.0 Å². The summed E-state index contributed by atoms with van der Waals surface area (Å²) in [6.07, 6.45) is 0. The third-order valence-electron chi connectivity index (χ3n) is 3.22. The summed E-state index contributed by atoms with van der Waals surface area (Å²) in [5, 5.41) is 10.6. The monoisotopic (exact) mass is 396 g/mol. The second kappa shape index (κ2) is 9.21. The molecule has 0 fully saturated rings. The van der Waals surface area contributed by atoms with Crippen LogP contribution in [0.2, 0.25) is 0 Å². The van der Waals surface area contributed by atoms with Gasteiger partial charge in [0, 0.05) is 5.69 Å². The van der Waals surface area contributed by atoms with Gasteiger partial charge in [-0.25, -0.2) is 0 Å². The molecule has 6 nitrogen and oxygen atoms in total. The van der Waals surface area contributed by atoms with Crippen LogP contribution in [0.15, 0.2) is 32.9 Å². The molecule has 1 aromatic heterocycles. The van der Waals surface area contributed by atoms with Crippen molar-refractivity contribution in [3.05, 3.63) is 29.8 Å². The van der Waals surface area contributed by atoms with E-state index in [1.54, 1.807) is 0 Å². The van der Waals surface area contributed by atoms with Gasteiger partial charge in [-0.1, -0.05) is 60.8 Å². The lowest BCUT2D eigenvalue weighted by Crippen LogP contribution is -2.22. The number of hydrogen-bond acceptors (Lipinski definition) is 7. The van der Waals surface area contributed by atoms with E-state index in [0.29, 0.717) is 14.6 Å². The molecular weight excluding hydrogens is 376 g/mol. The number of aromatic nitrogens is 2. The van der Waals surface area contributed by atoms with Crippen molar-refractivity contribution in [3.63, 3.8) is 0 Å². The molecule has 0 aliphatic rings. The molecule has 9 heteroatoms. The van der Waals surface area contributed by atoms with Gasteiger partial charge in [0.2, 0.25) is 11.8 Å². The summed E-state index contributed by atoms with van der Waals surface area (Å²) < 4.78 is 1.35. The van der Waals surface area contributed by atoms with Gasteiger partial charge in [-0.2, -0.15) is 0 Å². The molecule has 0 aliphatic carbocycles. The van der Waals surface area contributed by atoms with Crippen molar-refractivity contribution >= 4 is 52.4 Å². The zero-order valence-corrected chi connectivity index (χ0v) is 16.6. The number of hydrogen-bond donors (Lipinski definition) is 2. The fraction of sp³-hybridized carbons (Fsp3) is 0.375. The van der Waals surface area contributed by atoms with Crippen molar-refractivity contribution in [1.82, 2.24) is 10.2 Å². The van der Waals surface area contributed by atoms with Gasteiger partial charge >= 0.3 is 0 Å². The third-order valence-corrected chi connectivity index (χ3v) is 6.48. The van der Waals surface area contributed by atoms with E-state index in [0.717, 1.165) is 5.69 Å². The summed E-state index contributed by atoms with van der Waals surface area (Å²) >= 11 is 3.93. The Morgan fingerprint density at radius 2 is 1.80 bits per heavy atom. The van der Waals surface area contributed by atoms with Crippen molar-refractivity contribution in [3.8, 4) is 0 Å². The van der Waals surface area contributed by atoms with E-state index >= 15 is 0 Å². The first kappa shape index (κ1) is 19.7. The number of thioether (sulfide) groups is 2. The van der Waals surface area contributed by atoms with Crippen LogP contribution in [0.25, 0.3) is 0 Å². The molecule has 2 rings (SSSR count). The Labute approximate surface area is 159 Å². The van der Waals surface area contributed by atoms with Crippen molar-refractivity contribution in [2.24, 2.45) is 5.73 Å². The molecule has 0 unspecified atom stereocenters. The van der Waals surface area contributed by atoms with Crippen LogP contribution in [0, 0.1) is 0 Å². The summed E-state index contributed by atoms with van der Waals surface area (Å²) in [5.41, 5.74) is 7.11. The highest BCUT2D eigenvalue weighted by molar-refractivity contribution is 8.04. The van der Waals surface area contributed by atoms with Crippen LogP contribution in [-0.4, -0.2) is 33.0 Å². The Morgan fingerprint density at radius 3 is 2.40 bits per heavy atom. The number of benzene rings is 1. The predicted molar refractivity (Wildman–Crippen MR) is 104 cm³/mol. The molecule has 2 aromatic rings. The van der Waals surface area contributed by atoms with E-state index in [2.05, 4.69) is 29.4 Å². The molecule has 0 spiro atoms. The molecule has 25 heavy (non-hydrogen) atoms. The minimum atomic E-state index is -0.398. The predicted octanol–water partition coefficient (Wildman–Crippen LogP) is 3.36. The van der Waals surface area contributed by atoms with E-state index in [1.165, 1.54) is 40.4 Å². The summed E-state index contributed by atoms with van der Waals surface area (Å²) in [5.74, 6) is 0.134. The summed E-state index contributed by atoms with van der Waals surface area (Å²) in [7, 11) is 0. The number of primary amides is 1. The fourth-order valence-electron chi connectivity index (χ4n) is 1.84. The number of rotatable bonds is 8. The molecule has 1 heterocycles. The van der Waals surface area contributed by atoms with Crippen LogP contribution < -0.4 is 11.1 Å². The SMILES string of the molecule is CC(C)c1ccc(NC(=O)[C@@H](C)Sc2nnc(SCC(N)=O)s2)cc1. The average molecular weight is 397 g/mol. The third kappa shape index (κ3) is 6.33. The van der Waals surface area contributed by atoms with Gasteiger partial charge in [0.15, 0.2) is 8.68 Å². The summed E-state index contributed by atoms with van der Waals surface area (Å²) in [4.78, 5) is 23.1. The lowest BCUT2D eigenvalue weighted by atomic mass is 10.0. The van der Waals surface area contributed by atoms with Crippen molar-refractivity contribution in [2.75, 3.05) is 11.1 Å². The first-order valence-electron chi connectivity index (χ1n) is 7.67. The maximum absolute atomic E-state index is 12.3. The molecule has 0 radical (unpaired) electrons. The largest absolute Gasteiger partial charge is 0.369 e. The quantitative estimate of drug-likeness (QED) is 0.664. The zero-order valence-electron chi connectivity index (χ0n) is 14.2. The summed E-state index contributed by atoms with van der Waals surface area (Å²) in [6, 6.07) is 7.86. The number of anilines is 1. The molecular formula is C16H20N4O2S3. The second-order valence-corrected chi connectivity index (χ2v) is 9.40. The van der Waals surface area contributed by atoms with Crippen LogP contribution in [-0.2, 0) is 9.59 Å². The maximum Gasteiger partial charge on any atom is 0.237 e. The normalized spacial score (nSPS) is 12.2.